The molecule has 0 fully saturated rings. The van der Waals surface area contributed by atoms with E-state index in [0.717, 1.165) is 0 Å². The molecule has 1 unspecified atom stereocenters. The summed E-state index contributed by atoms with van der Waals surface area (Å²) in [6, 6.07) is 22.9. The highest BCUT2D eigenvalue weighted by atomic mass is 28.3. The smallest absolute Gasteiger partial charge is 0.0678 e. The lowest BCUT2D eigenvalue weighted by Gasteiger charge is -2.09. The van der Waals surface area contributed by atoms with Gasteiger partial charge in [-0.05, 0) is 6.04 Å². The standard InChI is InChI=1S/C14H16Si/c1-15(14-10-6-3-7-11-14)12-13-8-4-2-5-9-13/h2-11,15H,12H2,1H3. The molecule has 76 valence electrons. The Kier molecular flexibility index (Phi) is 3.35. The number of rotatable bonds is 3. The van der Waals surface area contributed by atoms with Gasteiger partial charge in [0.05, 0.1) is 8.80 Å². The molecule has 2 rings (SSSR count). The lowest BCUT2D eigenvalue weighted by molar-refractivity contribution is 1.36. The van der Waals surface area contributed by atoms with Crippen LogP contribution in [0.4, 0.5) is 0 Å². The first-order valence-electron chi connectivity index (χ1n) is 5.45. The Bertz CT molecular complexity index is 394. The fourth-order valence-corrected chi connectivity index (χ4v) is 3.96. The molecule has 0 spiro atoms. The molecule has 0 radical (unpaired) electrons. The highest BCUT2D eigenvalue weighted by Gasteiger charge is 2.06. The Morgan fingerprint density at radius 1 is 0.800 bits per heavy atom. The Morgan fingerprint density at radius 2 is 1.33 bits per heavy atom. The summed E-state index contributed by atoms with van der Waals surface area (Å²) < 4.78 is 0. The van der Waals surface area contributed by atoms with Gasteiger partial charge in [-0.2, -0.15) is 0 Å². The topological polar surface area (TPSA) is 0 Å². The molecule has 0 aliphatic heterocycles. The van der Waals surface area contributed by atoms with Gasteiger partial charge >= 0.3 is 0 Å². The van der Waals surface area contributed by atoms with Crippen molar-refractivity contribution < 1.29 is 0 Å². The van der Waals surface area contributed by atoms with E-state index < -0.39 is 8.80 Å². The van der Waals surface area contributed by atoms with Gasteiger partial charge in [-0.3, -0.25) is 0 Å². The van der Waals surface area contributed by atoms with Crippen LogP contribution < -0.4 is 5.19 Å². The lowest BCUT2D eigenvalue weighted by atomic mass is 10.2. The van der Waals surface area contributed by atoms with E-state index in [1.54, 1.807) is 5.19 Å². The molecule has 0 aliphatic rings. The van der Waals surface area contributed by atoms with Crippen LogP contribution >= 0.6 is 0 Å². The van der Waals surface area contributed by atoms with Crippen molar-refractivity contribution in [3.63, 3.8) is 0 Å². The molecule has 0 saturated carbocycles. The molecule has 1 atom stereocenters. The summed E-state index contributed by atoms with van der Waals surface area (Å²) in [5.74, 6) is 0. The van der Waals surface area contributed by atoms with E-state index in [0.29, 0.717) is 0 Å². The Balaban J connectivity index is 2.08. The fraction of sp³-hybridized carbons (Fsp3) is 0.143. The van der Waals surface area contributed by atoms with Crippen molar-refractivity contribution >= 4 is 14.0 Å². The van der Waals surface area contributed by atoms with Crippen LogP contribution in [0.5, 0.6) is 0 Å². The maximum absolute atomic E-state index is 2.42. The molecular weight excluding hydrogens is 196 g/mol. The van der Waals surface area contributed by atoms with Gasteiger partial charge in [0.15, 0.2) is 0 Å². The van der Waals surface area contributed by atoms with E-state index in [4.69, 9.17) is 0 Å². The van der Waals surface area contributed by atoms with Gasteiger partial charge in [-0.1, -0.05) is 78.0 Å². The van der Waals surface area contributed by atoms with Crippen molar-refractivity contribution in [3.8, 4) is 0 Å². The van der Waals surface area contributed by atoms with Crippen LogP contribution in [0.3, 0.4) is 0 Å². The molecule has 0 aliphatic carbocycles. The van der Waals surface area contributed by atoms with Crippen molar-refractivity contribution in [3.05, 3.63) is 66.2 Å². The van der Waals surface area contributed by atoms with Gasteiger partial charge < -0.3 is 0 Å². The van der Waals surface area contributed by atoms with Gasteiger partial charge in [0.2, 0.25) is 0 Å². The predicted molar refractivity (Wildman–Crippen MR) is 69.2 cm³/mol. The third-order valence-electron chi connectivity index (χ3n) is 2.75. The SMILES string of the molecule is C[SiH](Cc1ccccc1)c1ccccc1. The van der Waals surface area contributed by atoms with Crippen molar-refractivity contribution in [2.75, 3.05) is 0 Å². The van der Waals surface area contributed by atoms with Crippen molar-refractivity contribution in [2.45, 2.75) is 12.6 Å². The van der Waals surface area contributed by atoms with E-state index in [2.05, 4.69) is 67.2 Å². The predicted octanol–water partition coefficient (Wildman–Crippen LogP) is 2.53. The van der Waals surface area contributed by atoms with E-state index in [-0.39, 0.29) is 0 Å². The first-order chi connectivity index (χ1) is 7.36. The van der Waals surface area contributed by atoms with Crippen LogP contribution in [0.1, 0.15) is 5.56 Å². The molecular formula is C14H16Si. The minimum atomic E-state index is -0.787. The molecule has 15 heavy (non-hydrogen) atoms. The zero-order chi connectivity index (χ0) is 10.5. The number of hydrogen-bond donors (Lipinski definition) is 0. The monoisotopic (exact) mass is 212 g/mol. The maximum atomic E-state index is 2.42. The lowest BCUT2D eigenvalue weighted by Crippen LogP contribution is -2.28. The normalized spacial score (nSPS) is 12.3. The Morgan fingerprint density at radius 3 is 1.93 bits per heavy atom. The third-order valence-corrected chi connectivity index (χ3v) is 5.36. The van der Waals surface area contributed by atoms with E-state index in [1.165, 1.54) is 11.6 Å². The molecule has 0 bridgehead atoms. The third kappa shape index (κ3) is 2.80. The highest BCUT2D eigenvalue weighted by Crippen LogP contribution is 2.02. The maximum Gasteiger partial charge on any atom is 0.0720 e. The molecule has 2 aromatic carbocycles. The molecule has 1 heteroatoms. The molecule has 0 amide bonds. The zero-order valence-electron chi connectivity index (χ0n) is 9.06. The molecule has 0 aromatic heterocycles. The van der Waals surface area contributed by atoms with Crippen LogP contribution in [-0.2, 0) is 6.04 Å². The first-order valence-corrected chi connectivity index (χ1v) is 8.00. The van der Waals surface area contributed by atoms with Gasteiger partial charge in [-0.25, -0.2) is 0 Å². The van der Waals surface area contributed by atoms with E-state index in [1.807, 2.05) is 0 Å². The second kappa shape index (κ2) is 4.94. The average molecular weight is 212 g/mol. The second-order valence-electron chi connectivity index (χ2n) is 4.00. The number of benzene rings is 2. The van der Waals surface area contributed by atoms with Crippen molar-refractivity contribution in [1.29, 1.82) is 0 Å². The van der Waals surface area contributed by atoms with Gasteiger partial charge in [0.1, 0.15) is 0 Å². The quantitative estimate of drug-likeness (QED) is 0.686. The first kappa shape index (κ1) is 10.2. The molecule has 2 aromatic rings. The Hall–Kier alpha value is -1.34. The van der Waals surface area contributed by atoms with Crippen molar-refractivity contribution in [1.82, 2.24) is 0 Å². The van der Waals surface area contributed by atoms with Gasteiger partial charge in [0, 0.05) is 0 Å². The average Bonchev–Trinajstić information content (AvgIpc) is 2.31. The summed E-state index contributed by atoms with van der Waals surface area (Å²) in [5, 5.41) is 1.56. The molecule has 0 heterocycles. The van der Waals surface area contributed by atoms with Crippen LogP contribution in [0.15, 0.2) is 60.7 Å². The van der Waals surface area contributed by atoms with E-state index in [9.17, 15) is 0 Å². The molecule has 0 saturated heterocycles. The summed E-state index contributed by atoms with van der Waals surface area (Å²) in [5.41, 5.74) is 1.47. The van der Waals surface area contributed by atoms with Crippen molar-refractivity contribution in [2.24, 2.45) is 0 Å². The van der Waals surface area contributed by atoms with Crippen LogP contribution in [0, 0.1) is 0 Å². The molecule has 0 N–H and O–H groups in total. The summed E-state index contributed by atoms with van der Waals surface area (Å²) in [7, 11) is -0.787. The fourth-order valence-electron chi connectivity index (χ4n) is 1.87. The summed E-state index contributed by atoms with van der Waals surface area (Å²) in [4.78, 5) is 0. The van der Waals surface area contributed by atoms with Crippen LogP contribution in [-0.4, -0.2) is 8.80 Å². The van der Waals surface area contributed by atoms with Gasteiger partial charge in [-0.15, -0.1) is 0 Å². The van der Waals surface area contributed by atoms with Crippen LogP contribution in [0.25, 0.3) is 0 Å². The molecule has 0 nitrogen and oxygen atoms in total. The minimum Gasteiger partial charge on any atom is -0.0678 e. The summed E-state index contributed by atoms with van der Waals surface area (Å²) in [6.07, 6.45) is 0. The zero-order valence-corrected chi connectivity index (χ0v) is 10.2. The van der Waals surface area contributed by atoms with Crippen LogP contribution in [0.2, 0.25) is 6.55 Å². The second-order valence-corrected chi connectivity index (χ2v) is 6.88. The number of hydrogen-bond acceptors (Lipinski definition) is 0. The largest absolute Gasteiger partial charge is 0.0720 e. The Labute approximate surface area is 93.2 Å². The highest BCUT2D eigenvalue weighted by molar-refractivity contribution is 6.71. The van der Waals surface area contributed by atoms with E-state index >= 15 is 0 Å². The summed E-state index contributed by atoms with van der Waals surface area (Å²) >= 11 is 0. The summed E-state index contributed by atoms with van der Waals surface area (Å²) in [6.45, 7) is 2.42. The van der Waals surface area contributed by atoms with Gasteiger partial charge in [0.25, 0.3) is 0 Å². The minimum absolute atomic E-state index is 0.787.